The zero-order valence-electron chi connectivity index (χ0n) is 13.2. The van der Waals surface area contributed by atoms with Gasteiger partial charge in [0.05, 0.1) is 0 Å². The predicted molar refractivity (Wildman–Crippen MR) is 91.0 cm³/mol. The molecule has 4 heteroatoms. The fraction of sp³-hybridized carbons (Fsp3) is 0.211. The molecule has 0 radical (unpaired) electrons. The standard InChI is InChI=1S/C19H19FN2O/c1-12-7-13(2)17-9-15(19(23)22-18(17)8-12)11-21-10-14-3-5-16(20)6-4-14/h3-9,21H,10-11H2,1-2H3,(H,22,23). The van der Waals surface area contributed by atoms with Crippen molar-refractivity contribution in [1.29, 1.82) is 0 Å². The van der Waals surface area contributed by atoms with E-state index in [1.807, 2.05) is 26.0 Å². The summed E-state index contributed by atoms with van der Waals surface area (Å²) in [6.45, 7) is 5.12. The molecule has 1 heterocycles. The third-order valence-corrected chi connectivity index (χ3v) is 3.95. The lowest BCUT2D eigenvalue weighted by Gasteiger charge is -2.08. The number of hydrogen-bond acceptors (Lipinski definition) is 2. The van der Waals surface area contributed by atoms with E-state index < -0.39 is 0 Å². The Bertz CT molecular complexity index is 898. The molecule has 3 nitrogen and oxygen atoms in total. The molecular weight excluding hydrogens is 291 g/mol. The molecule has 0 saturated heterocycles. The van der Waals surface area contributed by atoms with Crippen LogP contribution in [0.2, 0.25) is 0 Å². The Morgan fingerprint density at radius 3 is 2.52 bits per heavy atom. The zero-order valence-corrected chi connectivity index (χ0v) is 13.2. The Morgan fingerprint density at radius 2 is 1.78 bits per heavy atom. The summed E-state index contributed by atoms with van der Waals surface area (Å²) in [5.74, 6) is -0.245. The molecule has 3 rings (SSSR count). The minimum absolute atomic E-state index is 0.0749. The summed E-state index contributed by atoms with van der Waals surface area (Å²) in [7, 11) is 0. The van der Waals surface area contributed by atoms with E-state index in [-0.39, 0.29) is 11.4 Å². The predicted octanol–water partition coefficient (Wildman–Crippen LogP) is 3.57. The number of nitrogens with one attached hydrogen (secondary N) is 2. The molecule has 23 heavy (non-hydrogen) atoms. The normalized spacial score (nSPS) is 11.1. The smallest absolute Gasteiger partial charge is 0.252 e. The van der Waals surface area contributed by atoms with Crippen molar-refractivity contribution in [1.82, 2.24) is 10.3 Å². The maximum absolute atomic E-state index is 12.9. The van der Waals surface area contributed by atoms with Gasteiger partial charge in [-0.2, -0.15) is 0 Å². The number of fused-ring (bicyclic) bond motifs is 1. The van der Waals surface area contributed by atoms with Gasteiger partial charge < -0.3 is 10.3 Å². The van der Waals surface area contributed by atoms with Crippen LogP contribution in [0.25, 0.3) is 10.9 Å². The van der Waals surface area contributed by atoms with Crippen LogP contribution in [0.15, 0.2) is 47.3 Å². The van der Waals surface area contributed by atoms with Crippen molar-refractivity contribution in [2.24, 2.45) is 0 Å². The zero-order chi connectivity index (χ0) is 16.4. The van der Waals surface area contributed by atoms with Gasteiger partial charge in [0.25, 0.3) is 5.56 Å². The molecule has 0 unspecified atom stereocenters. The Morgan fingerprint density at radius 1 is 1.04 bits per heavy atom. The van der Waals surface area contributed by atoms with Crippen molar-refractivity contribution in [2.45, 2.75) is 26.9 Å². The molecule has 0 fully saturated rings. The number of benzene rings is 2. The van der Waals surface area contributed by atoms with E-state index in [1.165, 1.54) is 12.1 Å². The monoisotopic (exact) mass is 310 g/mol. The molecule has 118 valence electrons. The van der Waals surface area contributed by atoms with E-state index in [2.05, 4.69) is 16.4 Å². The van der Waals surface area contributed by atoms with Crippen molar-refractivity contribution in [3.63, 3.8) is 0 Å². The molecule has 0 bridgehead atoms. The van der Waals surface area contributed by atoms with Gasteiger partial charge in [-0.15, -0.1) is 0 Å². The second-order valence-electron chi connectivity index (χ2n) is 5.90. The van der Waals surface area contributed by atoms with Gasteiger partial charge in [0, 0.05) is 29.6 Å². The van der Waals surface area contributed by atoms with Crippen molar-refractivity contribution in [3.05, 3.63) is 80.9 Å². The molecule has 0 saturated carbocycles. The van der Waals surface area contributed by atoms with Crippen molar-refractivity contribution < 1.29 is 4.39 Å². The minimum Gasteiger partial charge on any atom is -0.322 e. The highest BCUT2D eigenvalue weighted by atomic mass is 19.1. The fourth-order valence-corrected chi connectivity index (χ4v) is 2.79. The Hall–Kier alpha value is -2.46. The first kappa shape index (κ1) is 15.4. The van der Waals surface area contributed by atoms with E-state index in [9.17, 15) is 9.18 Å². The van der Waals surface area contributed by atoms with Crippen LogP contribution in [0.3, 0.4) is 0 Å². The molecule has 0 aliphatic heterocycles. The highest BCUT2D eigenvalue weighted by Gasteiger charge is 2.06. The van der Waals surface area contributed by atoms with E-state index in [4.69, 9.17) is 0 Å². The number of aromatic nitrogens is 1. The van der Waals surface area contributed by atoms with Crippen molar-refractivity contribution in [3.8, 4) is 0 Å². The molecule has 2 N–H and O–H groups in total. The Kier molecular flexibility index (Phi) is 4.26. The molecular formula is C19H19FN2O. The van der Waals surface area contributed by atoms with Gasteiger partial charge in [-0.1, -0.05) is 18.2 Å². The van der Waals surface area contributed by atoms with Gasteiger partial charge in [0.2, 0.25) is 0 Å². The average molecular weight is 310 g/mol. The van der Waals surface area contributed by atoms with Crippen LogP contribution in [0.5, 0.6) is 0 Å². The molecule has 0 amide bonds. The number of aryl methyl sites for hydroxylation is 2. The average Bonchev–Trinajstić information content (AvgIpc) is 2.50. The minimum atomic E-state index is -0.245. The molecule has 2 aromatic carbocycles. The number of H-pyrrole nitrogens is 1. The second-order valence-corrected chi connectivity index (χ2v) is 5.90. The number of rotatable bonds is 4. The van der Waals surface area contributed by atoms with Crippen molar-refractivity contribution >= 4 is 10.9 Å². The van der Waals surface area contributed by atoms with Gasteiger partial charge in [-0.05, 0) is 54.8 Å². The summed E-state index contributed by atoms with van der Waals surface area (Å²) in [5, 5.41) is 4.30. The van der Waals surface area contributed by atoms with Crippen LogP contribution in [0, 0.1) is 19.7 Å². The lowest BCUT2D eigenvalue weighted by Crippen LogP contribution is -2.21. The third-order valence-electron chi connectivity index (χ3n) is 3.95. The molecule has 0 aliphatic rings. The number of halogens is 1. The number of pyridine rings is 1. The van der Waals surface area contributed by atoms with Crippen LogP contribution >= 0.6 is 0 Å². The van der Waals surface area contributed by atoms with Gasteiger partial charge >= 0.3 is 0 Å². The van der Waals surface area contributed by atoms with Gasteiger partial charge in [-0.25, -0.2) is 4.39 Å². The van der Waals surface area contributed by atoms with Crippen LogP contribution in [0.4, 0.5) is 4.39 Å². The maximum Gasteiger partial charge on any atom is 0.252 e. The van der Waals surface area contributed by atoms with Gasteiger partial charge in [-0.3, -0.25) is 4.79 Å². The number of aromatic amines is 1. The summed E-state index contributed by atoms with van der Waals surface area (Å²) < 4.78 is 12.9. The first-order chi connectivity index (χ1) is 11.0. The van der Waals surface area contributed by atoms with E-state index >= 15 is 0 Å². The topological polar surface area (TPSA) is 44.9 Å². The van der Waals surface area contributed by atoms with Crippen LogP contribution in [0.1, 0.15) is 22.3 Å². The summed E-state index contributed by atoms with van der Waals surface area (Å²) in [6.07, 6.45) is 0. The Balaban J connectivity index is 1.78. The molecule has 1 aromatic heterocycles. The molecule has 3 aromatic rings. The lowest BCUT2D eigenvalue weighted by molar-refractivity contribution is 0.624. The molecule has 0 atom stereocenters. The molecule has 0 spiro atoms. The van der Waals surface area contributed by atoms with Crippen molar-refractivity contribution in [2.75, 3.05) is 0 Å². The molecule has 0 aliphatic carbocycles. The van der Waals surface area contributed by atoms with E-state index in [0.717, 1.165) is 27.6 Å². The highest BCUT2D eigenvalue weighted by Crippen LogP contribution is 2.18. The van der Waals surface area contributed by atoms with Crippen LogP contribution in [-0.4, -0.2) is 4.98 Å². The van der Waals surface area contributed by atoms with Gasteiger partial charge in [0.1, 0.15) is 5.82 Å². The first-order valence-corrected chi connectivity index (χ1v) is 7.61. The summed E-state index contributed by atoms with van der Waals surface area (Å²) in [4.78, 5) is 15.1. The summed E-state index contributed by atoms with van der Waals surface area (Å²) in [5.41, 5.74) is 4.76. The first-order valence-electron chi connectivity index (χ1n) is 7.61. The second kappa shape index (κ2) is 6.34. The quantitative estimate of drug-likeness (QED) is 0.774. The summed E-state index contributed by atoms with van der Waals surface area (Å²) in [6, 6.07) is 12.4. The van der Waals surface area contributed by atoms with Crippen LogP contribution < -0.4 is 10.9 Å². The summed E-state index contributed by atoms with van der Waals surface area (Å²) >= 11 is 0. The number of hydrogen-bond donors (Lipinski definition) is 2. The third kappa shape index (κ3) is 3.48. The van der Waals surface area contributed by atoms with Gasteiger partial charge in [0.15, 0.2) is 0 Å². The SMILES string of the molecule is Cc1cc(C)c2cc(CNCc3ccc(F)cc3)c(=O)[nH]c2c1. The highest BCUT2D eigenvalue weighted by molar-refractivity contribution is 5.83. The lowest BCUT2D eigenvalue weighted by atomic mass is 10.0. The van der Waals surface area contributed by atoms with E-state index in [1.54, 1.807) is 12.1 Å². The maximum atomic E-state index is 12.9. The largest absolute Gasteiger partial charge is 0.322 e. The van der Waals surface area contributed by atoms with E-state index in [0.29, 0.717) is 18.7 Å². The Labute approximate surface area is 134 Å². The van der Waals surface area contributed by atoms with Crippen LogP contribution in [-0.2, 0) is 13.1 Å². The fourth-order valence-electron chi connectivity index (χ4n) is 2.79.